The first-order valence-electron chi connectivity index (χ1n) is 5.43. The predicted molar refractivity (Wildman–Crippen MR) is 60.1 cm³/mol. The minimum absolute atomic E-state index is 0.109. The number of nitrogens with zero attached hydrogens (tertiary/aromatic N) is 2. The molecule has 82 valence electrons. The molecule has 0 saturated carbocycles. The van der Waals surface area contributed by atoms with Crippen molar-refractivity contribution in [2.75, 3.05) is 6.54 Å². The second-order valence-corrected chi connectivity index (χ2v) is 3.97. The first-order valence-corrected chi connectivity index (χ1v) is 5.43. The third-order valence-electron chi connectivity index (χ3n) is 2.89. The van der Waals surface area contributed by atoms with Crippen molar-refractivity contribution < 1.29 is 0 Å². The van der Waals surface area contributed by atoms with E-state index in [2.05, 4.69) is 20.3 Å². The highest BCUT2D eigenvalue weighted by Gasteiger charge is 2.19. The summed E-state index contributed by atoms with van der Waals surface area (Å²) in [5.41, 5.74) is 0.414. The number of nitrogens with one attached hydrogen (secondary N) is 2. The second-order valence-electron chi connectivity index (χ2n) is 3.97. The molecule has 2 aromatic heterocycles. The van der Waals surface area contributed by atoms with Crippen LogP contribution >= 0.6 is 0 Å². The number of aromatic amines is 1. The molecule has 1 atom stereocenters. The molecular formula is C11H12N4O. The normalized spacial score (nSPS) is 20.4. The maximum absolute atomic E-state index is 11.8. The van der Waals surface area contributed by atoms with Crippen molar-refractivity contribution in [2.45, 2.75) is 18.9 Å². The Labute approximate surface area is 91.9 Å². The molecule has 0 aromatic carbocycles. The van der Waals surface area contributed by atoms with Crippen LogP contribution < -0.4 is 10.9 Å². The van der Waals surface area contributed by atoms with Gasteiger partial charge in [0.15, 0.2) is 5.65 Å². The zero-order chi connectivity index (χ0) is 11.0. The van der Waals surface area contributed by atoms with Crippen LogP contribution in [0.4, 0.5) is 0 Å². The van der Waals surface area contributed by atoms with Crippen molar-refractivity contribution in [3.8, 4) is 0 Å². The second kappa shape index (κ2) is 3.68. The summed E-state index contributed by atoms with van der Waals surface area (Å²) >= 11 is 0. The van der Waals surface area contributed by atoms with Gasteiger partial charge >= 0.3 is 0 Å². The molecule has 3 rings (SSSR count). The van der Waals surface area contributed by atoms with E-state index >= 15 is 0 Å². The van der Waals surface area contributed by atoms with Crippen LogP contribution in [0.5, 0.6) is 0 Å². The molecule has 1 saturated heterocycles. The van der Waals surface area contributed by atoms with Crippen LogP contribution in [0.15, 0.2) is 23.1 Å². The van der Waals surface area contributed by atoms with E-state index in [-0.39, 0.29) is 11.6 Å². The van der Waals surface area contributed by atoms with Gasteiger partial charge in [0.2, 0.25) is 0 Å². The van der Waals surface area contributed by atoms with Crippen molar-refractivity contribution in [1.29, 1.82) is 0 Å². The van der Waals surface area contributed by atoms with Crippen LogP contribution in [0.25, 0.3) is 11.0 Å². The molecule has 2 N–H and O–H groups in total. The largest absolute Gasteiger partial charge is 0.309 e. The lowest BCUT2D eigenvalue weighted by molar-refractivity contribution is 0.605. The van der Waals surface area contributed by atoms with Gasteiger partial charge in [-0.3, -0.25) is 4.79 Å². The fraction of sp³-hybridized carbons (Fsp3) is 0.364. The van der Waals surface area contributed by atoms with Crippen LogP contribution in [-0.4, -0.2) is 21.5 Å². The number of aromatic nitrogens is 3. The van der Waals surface area contributed by atoms with E-state index in [0.717, 1.165) is 19.4 Å². The van der Waals surface area contributed by atoms with Crippen molar-refractivity contribution in [3.63, 3.8) is 0 Å². The van der Waals surface area contributed by atoms with Gasteiger partial charge in [-0.25, -0.2) is 9.97 Å². The Hall–Kier alpha value is -1.75. The highest BCUT2D eigenvalue weighted by Crippen LogP contribution is 2.19. The summed E-state index contributed by atoms with van der Waals surface area (Å²) in [5, 5.41) is 3.85. The number of fused-ring (bicyclic) bond motifs is 1. The van der Waals surface area contributed by atoms with Crippen LogP contribution in [0.2, 0.25) is 0 Å². The Morgan fingerprint density at radius 1 is 1.44 bits per heavy atom. The molecule has 0 spiro atoms. The van der Waals surface area contributed by atoms with Gasteiger partial charge in [0, 0.05) is 6.20 Å². The maximum Gasteiger partial charge on any atom is 0.260 e. The van der Waals surface area contributed by atoms with E-state index in [9.17, 15) is 4.79 Å². The quantitative estimate of drug-likeness (QED) is 0.737. The van der Waals surface area contributed by atoms with Crippen LogP contribution in [-0.2, 0) is 0 Å². The molecule has 0 radical (unpaired) electrons. The molecule has 1 fully saturated rings. The number of pyridine rings is 1. The molecule has 3 heterocycles. The van der Waals surface area contributed by atoms with Gasteiger partial charge in [0.1, 0.15) is 5.82 Å². The smallest absolute Gasteiger partial charge is 0.260 e. The SMILES string of the molecule is O=c1[nH]c([C@@H]2CCCN2)nc2ncccc12. The molecule has 0 amide bonds. The average molecular weight is 216 g/mol. The molecule has 5 heteroatoms. The lowest BCUT2D eigenvalue weighted by Crippen LogP contribution is -2.20. The van der Waals surface area contributed by atoms with Gasteiger partial charge in [-0.2, -0.15) is 0 Å². The average Bonchev–Trinajstić information content (AvgIpc) is 2.82. The zero-order valence-corrected chi connectivity index (χ0v) is 8.73. The zero-order valence-electron chi connectivity index (χ0n) is 8.73. The van der Waals surface area contributed by atoms with E-state index in [1.165, 1.54) is 0 Å². The molecule has 0 unspecified atom stereocenters. The van der Waals surface area contributed by atoms with Gasteiger partial charge < -0.3 is 10.3 Å². The topological polar surface area (TPSA) is 70.7 Å². The summed E-state index contributed by atoms with van der Waals surface area (Å²) in [5.74, 6) is 0.703. The Kier molecular flexibility index (Phi) is 2.18. The lowest BCUT2D eigenvalue weighted by Gasteiger charge is -2.09. The standard InChI is InChI=1S/C11H12N4O/c16-11-7-3-1-6-13-9(7)14-10(15-11)8-4-2-5-12-8/h1,3,6,8,12H,2,4-5H2,(H,13,14,15,16)/t8-/m0/s1. The minimum Gasteiger partial charge on any atom is -0.309 e. The number of H-pyrrole nitrogens is 1. The van der Waals surface area contributed by atoms with Crippen molar-refractivity contribution >= 4 is 11.0 Å². The summed E-state index contributed by atoms with van der Waals surface area (Å²) < 4.78 is 0. The minimum atomic E-state index is -0.109. The fourth-order valence-corrected chi connectivity index (χ4v) is 2.07. The van der Waals surface area contributed by atoms with E-state index in [0.29, 0.717) is 16.9 Å². The number of rotatable bonds is 1. The molecule has 16 heavy (non-hydrogen) atoms. The highest BCUT2D eigenvalue weighted by molar-refractivity contribution is 5.72. The molecule has 1 aliphatic heterocycles. The predicted octanol–water partition coefficient (Wildman–Crippen LogP) is 0.743. The van der Waals surface area contributed by atoms with Gasteiger partial charge in [-0.05, 0) is 31.5 Å². The van der Waals surface area contributed by atoms with Crippen molar-refractivity contribution in [2.24, 2.45) is 0 Å². The Morgan fingerprint density at radius 3 is 3.19 bits per heavy atom. The molecule has 5 nitrogen and oxygen atoms in total. The van der Waals surface area contributed by atoms with Crippen molar-refractivity contribution in [1.82, 2.24) is 20.3 Å². The number of hydrogen-bond acceptors (Lipinski definition) is 4. The van der Waals surface area contributed by atoms with E-state index in [1.54, 1.807) is 18.3 Å². The van der Waals surface area contributed by atoms with Crippen LogP contribution in [0.1, 0.15) is 24.7 Å². The van der Waals surface area contributed by atoms with Gasteiger partial charge in [0.05, 0.1) is 11.4 Å². The van der Waals surface area contributed by atoms with Crippen molar-refractivity contribution in [3.05, 3.63) is 34.5 Å². The number of hydrogen-bond donors (Lipinski definition) is 2. The Bertz CT molecular complexity index is 571. The Morgan fingerprint density at radius 2 is 2.38 bits per heavy atom. The molecule has 2 aromatic rings. The summed E-state index contributed by atoms with van der Waals surface area (Å²) in [7, 11) is 0. The van der Waals surface area contributed by atoms with E-state index in [1.807, 2.05) is 0 Å². The highest BCUT2D eigenvalue weighted by atomic mass is 16.1. The monoisotopic (exact) mass is 216 g/mol. The molecule has 1 aliphatic rings. The van der Waals surface area contributed by atoms with Gasteiger partial charge in [-0.1, -0.05) is 0 Å². The molecule has 0 bridgehead atoms. The van der Waals surface area contributed by atoms with Gasteiger partial charge in [0.25, 0.3) is 5.56 Å². The van der Waals surface area contributed by atoms with Crippen LogP contribution in [0.3, 0.4) is 0 Å². The van der Waals surface area contributed by atoms with E-state index in [4.69, 9.17) is 0 Å². The molecular weight excluding hydrogens is 204 g/mol. The third kappa shape index (κ3) is 1.49. The summed E-state index contributed by atoms with van der Waals surface area (Å²) in [6.45, 7) is 0.981. The first kappa shape index (κ1) is 9.47. The third-order valence-corrected chi connectivity index (χ3v) is 2.89. The summed E-state index contributed by atoms with van der Waals surface area (Å²) in [4.78, 5) is 23.1. The lowest BCUT2D eigenvalue weighted by atomic mass is 10.2. The Balaban J connectivity index is 2.17. The maximum atomic E-state index is 11.8. The summed E-state index contributed by atoms with van der Waals surface area (Å²) in [6, 6.07) is 3.64. The van der Waals surface area contributed by atoms with E-state index < -0.39 is 0 Å². The summed E-state index contributed by atoms with van der Waals surface area (Å²) in [6.07, 6.45) is 3.79. The fourth-order valence-electron chi connectivity index (χ4n) is 2.07. The first-order chi connectivity index (χ1) is 7.84. The van der Waals surface area contributed by atoms with Crippen LogP contribution in [0, 0.1) is 0 Å². The van der Waals surface area contributed by atoms with Gasteiger partial charge in [-0.15, -0.1) is 0 Å². The molecule has 0 aliphatic carbocycles.